The molecule has 0 aromatic heterocycles. The van der Waals surface area contributed by atoms with Crippen molar-refractivity contribution in [3.8, 4) is 11.5 Å². The first-order valence-corrected chi connectivity index (χ1v) is 9.11. The van der Waals surface area contributed by atoms with Crippen molar-refractivity contribution >= 4 is 24.0 Å². The first-order valence-electron chi connectivity index (χ1n) is 9.11. The summed E-state index contributed by atoms with van der Waals surface area (Å²) in [6.07, 6.45) is 2.82. The smallest absolute Gasteiger partial charge is 0.223 e. The number of methoxy groups -OCH3 is 2. The van der Waals surface area contributed by atoms with Gasteiger partial charge in [-0.2, -0.15) is 0 Å². The van der Waals surface area contributed by atoms with Gasteiger partial charge in [0, 0.05) is 55.0 Å². The zero-order valence-electron chi connectivity index (χ0n) is 15.8. The van der Waals surface area contributed by atoms with Gasteiger partial charge in [0.2, 0.25) is 5.91 Å². The molecule has 2 N–H and O–H groups in total. The van der Waals surface area contributed by atoms with Crippen LogP contribution < -0.4 is 25.0 Å². The van der Waals surface area contributed by atoms with Gasteiger partial charge in [-0.15, -0.1) is 12.4 Å². The molecule has 1 aromatic rings. The number of rotatable bonds is 5. The lowest BCUT2D eigenvalue weighted by Crippen LogP contribution is -2.46. The average molecular weight is 384 g/mol. The molecule has 1 unspecified atom stereocenters. The number of halogens is 1. The number of hydrogen-bond donors (Lipinski definition) is 2. The summed E-state index contributed by atoms with van der Waals surface area (Å²) in [5.74, 6) is 1.92. The number of nitrogens with one attached hydrogen (secondary N) is 2. The Balaban J connectivity index is 0.00000243. The lowest BCUT2D eigenvalue weighted by molar-refractivity contribution is -0.126. The molecular formula is C19H30ClN3O3. The van der Waals surface area contributed by atoms with E-state index in [0.29, 0.717) is 6.04 Å². The van der Waals surface area contributed by atoms with Gasteiger partial charge in [-0.25, -0.2) is 0 Å². The second-order valence-electron chi connectivity index (χ2n) is 7.09. The second-order valence-corrected chi connectivity index (χ2v) is 7.09. The Labute approximate surface area is 162 Å². The average Bonchev–Trinajstić information content (AvgIpc) is 3.09. The van der Waals surface area contributed by atoms with E-state index in [-0.39, 0.29) is 30.3 Å². The van der Waals surface area contributed by atoms with Gasteiger partial charge in [0.25, 0.3) is 0 Å². The predicted octanol–water partition coefficient (Wildman–Crippen LogP) is 2.21. The first-order chi connectivity index (χ1) is 12.1. The third-order valence-electron chi connectivity index (χ3n) is 5.23. The molecule has 3 rings (SSSR count). The van der Waals surface area contributed by atoms with Crippen LogP contribution in [0.15, 0.2) is 18.2 Å². The molecule has 0 aliphatic carbocycles. The molecule has 2 saturated heterocycles. The van der Waals surface area contributed by atoms with Gasteiger partial charge in [0.1, 0.15) is 11.5 Å². The standard InChI is InChI=1S/C19H29N3O3.ClH/c1-13-8-14(4-6-20-13)19(23)21-15-5-7-22(12-15)16-9-17(24-2)11-18(10-16)25-3;/h9-11,13-15,20H,4-8,12H2,1-3H3,(H,21,23);1H/t13-,14-,15?;/m0./s1. The molecule has 1 aromatic carbocycles. The summed E-state index contributed by atoms with van der Waals surface area (Å²) < 4.78 is 10.7. The number of benzene rings is 1. The Morgan fingerprint density at radius 3 is 2.50 bits per heavy atom. The van der Waals surface area contributed by atoms with Crippen LogP contribution in [0.1, 0.15) is 26.2 Å². The molecular weight excluding hydrogens is 354 g/mol. The van der Waals surface area contributed by atoms with Crippen molar-refractivity contribution in [3.05, 3.63) is 18.2 Å². The summed E-state index contributed by atoms with van der Waals surface area (Å²) in [7, 11) is 3.32. The van der Waals surface area contributed by atoms with Crippen LogP contribution >= 0.6 is 12.4 Å². The number of ether oxygens (including phenoxy) is 2. The molecule has 1 amide bonds. The molecule has 3 atom stereocenters. The molecule has 0 saturated carbocycles. The number of piperidine rings is 1. The van der Waals surface area contributed by atoms with Gasteiger partial charge in [-0.05, 0) is 32.7 Å². The van der Waals surface area contributed by atoms with Gasteiger partial charge in [-0.3, -0.25) is 4.79 Å². The van der Waals surface area contributed by atoms with E-state index in [1.165, 1.54) is 0 Å². The molecule has 0 bridgehead atoms. The van der Waals surface area contributed by atoms with Crippen molar-refractivity contribution in [1.82, 2.24) is 10.6 Å². The van der Waals surface area contributed by atoms with E-state index >= 15 is 0 Å². The van der Waals surface area contributed by atoms with Crippen LogP contribution in [0.2, 0.25) is 0 Å². The maximum Gasteiger partial charge on any atom is 0.223 e. The van der Waals surface area contributed by atoms with Crippen molar-refractivity contribution in [2.75, 3.05) is 38.8 Å². The van der Waals surface area contributed by atoms with Gasteiger partial charge >= 0.3 is 0 Å². The van der Waals surface area contributed by atoms with Crippen LogP contribution in [0.5, 0.6) is 11.5 Å². The summed E-state index contributed by atoms with van der Waals surface area (Å²) >= 11 is 0. The Morgan fingerprint density at radius 1 is 1.19 bits per heavy atom. The van der Waals surface area contributed by atoms with Crippen LogP contribution in [0.3, 0.4) is 0 Å². The minimum absolute atomic E-state index is 0. The number of nitrogens with zero attached hydrogens (tertiary/aromatic N) is 1. The summed E-state index contributed by atoms with van der Waals surface area (Å²) in [4.78, 5) is 14.8. The normalized spacial score (nSPS) is 25.3. The number of hydrogen-bond acceptors (Lipinski definition) is 5. The molecule has 146 valence electrons. The van der Waals surface area contributed by atoms with Crippen molar-refractivity contribution < 1.29 is 14.3 Å². The van der Waals surface area contributed by atoms with Crippen LogP contribution in [0, 0.1) is 5.92 Å². The van der Waals surface area contributed by atoms with Crippen molar-refractivity contribution in [2.24, 2.45) is 5.92 Å². The molecule has 0 radical (unpaired) electrons. The van der Waals surface area contributed by atoms with Gasteiger partial charge in [-0.1, -0.05) is 0 Å². The highest BCUT2D eigenvalue weighted by molar-refractivity contribution is 5.85. The molecule has 0 spiro atoms. The Hall–Kier alpha value is -1.66. The Kier molecular flexibility index (Phi) is 7.41. The van der Waals surface area contributed by atoms with E-state index in [4.69, 9.17) is 9.47 Å². The molecule has 7 heteroatoms. The summed E-state index contributed by atoms with van der Waals surface area (Å²) in [6.45, 7) is 4.82. The number of carbonyl (C=O) groups excluding carboxylic acids is 1. The Bertz CT molecular complexity index is 591. The monoisotopic (exact) mass is 383 g/mol. The van der Waals surface area contributed by atoms with Crippen LogP contribution in [0.25, 0.3) is 0 Å². The maximum absolute atomic E-state index is 12.5. The van der Waals surface area contributed by atoms with Crippen LogP contribution in [-0.2, 0) is 4.79 Å². The van der Waals surface area contributed by atoms with E-state index < -0.39 is 0 Å². The van der Waals surface area contributed by atoms with Crippen LogP contribution in [0.4, 0.5) is 5.69 Å². The van der Waals surface area contributed by atoms with E-state index in [2.05, 4.69) is 22.5 Å². The van der Waals surface area contributed by atoms with Gasteiger partial charge in [0.15, 0.2) is 0 Å². The maximum atomic E-state index is 12.5. The fourth-order valence-electron chi connectivity index (χ4n) is 3.78. The highest BCUT2D eigenvalue weighted by atomic mass is 35.5. The van der Waals surface area contributed by atoms with Gasteiger partial charge in [0.05, 0.1) is 14.2 Å². The molecule has 6 nitrogen and oxygen atoms in total. The third kappa shape index (κ3) is 4.95. The number of anilines is 1. The van der Waals surface area contributed by atoms with E-state index in [1.54, 1.807) is 14.2 Å². The Morgan fingerprint density at radius 2 is 1.88 bits per heavy atom. The summed E-state index contributed by atoms with van der Waals surface area (Å²) in [5.41, 5.74) is 1.07. The van der Waals surface area contributed by atoms with Crippen molar-refractivity contribution in [2.45, 2.75) is 38.3 Å². The molecule has 2 heterocycles. The number of amides is 1. The summed E-state index contributed by atoms with van der Waals surface area (Å²) in [6, 6.07) is 6.53. The second kappa shape index (κ2) is 9.33. The third-order valence-corrected chi connectivity index (χ3v) is 5.23. The van der Waals surface area contributed by atoms with E-state index in [9.17, 15) is 4.79 Å². The van der Waals surface area contributed by atoms with Crippen LogP contribution in [-0.4, -0.2) is 51.8 Å². The van der Waals surface area contributed by atoms with E-state index in [0.717, 1.165) is 56.1 Å². The largest absolute Gasteiger partial charge is 0.497 e. The highest BCUT2D eigenvalue weighted by Gasteiger charge is 2.29. The lowest BCUT2D eigenvalue weighted by Gasteiger charge is -2.28. The molecule has 26 heavy (non-hydrogen) atoms. The zero-order valence-corrected chi connectivity index (χ0v) is 16.6. The minimum Gasteiger partial charge on any atom is -0.497 e. The molecule has 2 fully saturated rings. The summed E-state index contributed by atoms with van der Waals surface area (Å²) in [5, 5.41) is 6.65. The van der Waals surface area contributed by atoms with Gasteiger partial charge < -0.3 is 25.0 Å². The molecule has 2 aliphatic rings. The topological polar surface area (TPSA) is 62.8 Å². The molecule has 2 aliphatic heterocycles. The minimum atomic E-state index is 0. The highest BCUT2D eigenvalue weighted by Crippen LogP contribution is 2.30. The fourth-order valence-corrected chi connectivity index (χ4v) is 3.78. The zero-order chi connectivity index (χ0) is 17.8. The van der Waals surface area contributed by atoms with Crippen molar-refractivity contribution in [3.63, 3.8) is 0 Å². The predicted molar refractivity (Wildman–Crippen MR) is 106 cm³/mol. The SMILES string of the molecule is COc1cc(OC)cc(N2CCC(NC(=O)[C@H]3CCN[C@@H](C)C3)C2)c1.Cl. The van der Waals surface area contributed by atoms with Crippen molar-refractivity contribution in [1.29, 1.82) is 0 Å². The fraction of sp³-hybridized carbons (Fsp3) is 0.632. The lowest BCUT2D eigenvalue weighted by atomic mass is 9.92. The number of carbonyl (C=O) groups is 1. The first kappa shape index (κ1) is 20.6. The van der Waals surface area contributed by atoms with E-state index in [1.807, 2.05) is 18.2 Å². The quantitative estimate of drug-likeness (QED) is 0.816.